The summed E-state index contributed by atoms with van der Waals surface area (Å²) in [5.74, 6) is 0. The topological polar surface area (TPSA) is 17.1 Å². The van der Waals surface area contributed by atoms with Crippen molar-refractivity contribution in [2.45, 2.75) is 334 Å². The van der Waals surface area contributed by atoms with Crippen LogP contribution in [0.2, 0.25) is 0 Å². The first kappa shape index (κ1) is 7120. The Morgan fingerprint density at radius 1 is 0.220 bits per heavy atom. The van der Waals surface area contributed by atoms with Crippen LogP contribution in [-0.2, 0) is 4.57 Å². The lowest BCUT2D eigenvalue weighted by atomic mass is 11.8. The molecular weight excluding hydrogens is 651 g/mol. The first-order valence-electron chi connectivity index (χ1n) is 0.799. The largest absolute Gasteiger partial charge is 0.266 e. The highest BCUT2D eigenvalue weighted by atomic mass is 32.1. The zero-order valence-electron chi connectivity index (χ0n) is 2.14. The third-order valence-corrected chi connectivity index (χ3v) is 0.439. The molecular formula is C46H180FOPS. The summed E-state index contributed by atoms with van der Waals surface area (Å²) in [5.41, 5.74) is 0. The van der Waals surface area contributed by atoms with Crippen LogP contribution >= 0.6 is 20.7 Å². The summed E-state index contributed by atoms with van der Waals surface area (Å²) >= 11 is 3.71. The molecule has 0 aromatic heterocycles. The Kier molecular flexibility index (Phi) is 955000. The Hall–Kier alpha value is 0.120. The van der Waals surface area contributed by atoms with Gasteiger partial charge < -0.3 is 0 Å². The molecule has 0 heterocycles. The Bertz CT molecular complexity index is 79.2. The molecule has 0 saturated heterocycles. The molecule has 0 spiro atoms. The number of hydrogen-bond donors (Lipinski definition) is 0. The lowest BCUT2D eigenvalue weighted by molar-refractivity contribution is 0.602. The molecule has 1 nitrogen and oxygen atoms in total. The summed E-state index contributed by atoms with van der Waals surface area (Å²) in [6.45, 7) is 0. The summed E-state index contributed by atoms with van der Waals surface area (Å²) in [6, 6.07) is 0. The van der Waals surface area contributed by atoms with Crippen LogP contribution in [-0.4, -0.2) is 4.86 Å². The second kappa shape index (κ2) is 6700. The zero-order valence-corrected chi connectivity index (χ0v) is 3.85. The van der Waals surface area contributed by atoms with E-state index in [9.17, 15) is 4.39 Å². The average Bonchev–Trinajstić information content (AvgIpc) is 1.38. The van der Waals surface area contributed by atoms with Gasteiger partial charge in [0, 0.05) is 0 Å². The molecule has 0 bridgehead atoms. The van der Waals surface area contributed by atoms with Gasteiger partial charge in [0.15, 0.2) is 0 Å². The van der Waals surface area contributed by atoms with Crippen LogP contribution in [0.1, 0.15) is 334 Å². The second-order valence-corrected chi connectivity index (χ2v) is 1.58. The SMILES string of the molecule is C.C.C.C.C.C.C.C.C.C.C.C.C.C.C.C.C.C.C.C.C.C.C.C.C.C.C.C.C.C.C.C.C.C.C.C.C.C.C.C.C.C.C.C.C.O=PC(F)=S. The van der Waals surface area contributed by atoms with E-state index >= 15 is 0 Å². The van der Waals surface area contributed by atoms with Crippen molar-refractivity contribution in [3.63, 3.8) is 0 Å². The summed E-state index contributed by atoms with van der Waals surface area (Å²) in [5, 5.41) is 0. The zero-order chi connectivity index (χ0) is 4.28. The Morgan fingerprint density at radius 2 is 0.240 bits per heavy atom. The molecule has 0 aliphatic carbocycles. The van der Waals surface area contributed by atoms with Gasteiger partial charge in [-0.15, -0.1) is 0 Å². The summed E-state index contributed by atoms with van der Waals surface area (Å²) in [4.78, 5) is -0.995. The molecule has 4 heteroatoms. The van der Waals surface area contributed by atoms with Crippen LogP contribution < -0.4 is 0 Å². The van der Waals surface area contributed by atoms with Gasteiger partial charge in [0.2, 0.25) is 8.46 Å². The number of hydrogen-bond acceptors (Lipinski definition) is 2. The van der Waals surface area contributed by atoms with E-state index in [2.05, 4.69) is 12.2 Å². The molecule has 0 atom stereocenters. The van der Waals surface area contributed by atoms with E-state index < -0.39 is 13.3 Å². The number of rotatable bonds is 1. The molecule has 0 aromatic carbocycles. The molecule has 0 amide bonds. The van der Waals surface area contributed by atoms with Gasteiger partial charge in [-0.3, -0.25) is 4.57 Å². The molecule has 0 rings (SSSR count). The van der Waals surface area contributed by atoms with Gasteiger partial charge in [-0.1, -0.05) is 334 Å². The van der Waals surface area contributed by atoms with Gasteiger partial charge in [-0.05, 0) is 12.2 Å². The monoisotopic (exact) mass is 831 g/mol. The highest BCUT2D eigenvalue weighted by molar-refractivity contribution is 7.90. The predicted octanol–water partition coefficient (Wildman–Crippen LogP) is 30.2. The quantitative estimate of drug-likeness (QED) is 0.149. The third kappa shape index (κ3) is 23800. The highest BCUT2D eigenvalue weighted by Gasteiger charge is 1.79. The van der Waals surface area contributed by atoms with Gasteiger partial charge in [0.05, 0.1) is 0 Å². The standard InChI is InChI=1S/CFOPS.45CH4/c2-1(5)4-3;;;;;;;;;;;;;;;;;;;;;;;;;;;;;;;;;;;;;;;;;;;;;/h;45*1H4. The van der Waals surface area contributed by atoms with Gasteiger partial charge >= 0.3 is 0 Å². The van der Waals surface area contributed by atoms with Crippen molar-refractivity contribution in [1.29, 1.82) is 0 Å². The summed E-state index contributed by atoms with van der Waals surface area (Å²) < 4.78 is 19.9. The molecule has 0 fully saturated rings. The minimum atomic E-state index is -0.995. The molecule has 0 N–H and O–H groups in total. The van der Waals surface area contributed by atoms with Crippen molar-refractivity contribution in [3.8, 4) is 0 Å². The molecule has 0 radical (unpaired) electrons. The average molecular weight is 832 g/mol. The first-order valence-corrected chi connectivity index (χ1v) is 2.02. The Labute approximate surface area is 367 Å². The molecule has 0 saturated carbocycles. The first-order chi connectivity index (χ1) is 2.27. The van der Waals surface area contributed by atoms with E-state index in [1.54, 1.807) is 0 Å². The van der Waals surface area contributed by atoms with Gasteiger partial charge in [0.25, 0.3) is 4.86 Å². The Balaban J connectivity index is -0.0000000000808. The van der Waals surface area contributed by atoms with Crippen LogP contribution in [0.15, 0.2) is 0 Å². The van der Waals surface area contributed by atoms with Crippen LogP contribution in [0.4, 0.5) is 4.39 Å². The molecule has 0 aliphatic heterocycles. The van der Waals surface area contributed by atoms with Crippen LogP contribution in [0.25, 0.3) is 0 Å². The minimum absolute atomic E-state index is 0. The fraction of sp³-hybridized carbons (Fsp3) is 0.978. The van der Waals surface area contributed by atoms with Crippen molar-refractivity contribution in [2.75, 3.05) is 0 Å². The minimum Gasteiger partial charge on any atom is -0.266 e. The lowest BCUT2D eigenvalue weighted by Gasteiger charge is -1.54. The summed E-state index contributed by atoms with van der Waals surface area (Å²) in [6.07, 6.45) is 0. The van der Waals surface area contributed by atoms with Gasteiger partial charge in [-0.2, -0.15) is 4.39 Å². The van der Waals surface area contributed by atoms with Crippen LogP contribution in [0.3, 0.4) is 0 Å². The Morgan fingerprint density at radius 3 is 0.240 bits per heavy atom. The highest BCUT2D eigenvalue weighted by Crippen LogP contribution is 1.95. The van der Waals surface area contributed by atoms with Crippen LogP contribution in [0.5, 0.6) is 0 Å². The van der Waals surface area contributed by atoms with E-state index in [0.29, 0.717) is 0 Å². The van der Waals surface area contributed by atoms with E-state index in [0.717, 1.165) is 0 Å². The van der Waals surface area contributed by atoms with E-state index in [-0.39, 0.29) is 334 Å². The van der Waals surface area contributed by atoms with Crippen molar-refractivity contribution in [2.24, 2.45) is 0 Å². The maximum atomic E-state index is 10.8. The van der Waals surface area contributed by atoms with E-state index in [1.807, 2.05) is 0 Å². The van der Waals surface area contributed by atoms with Crippen LogP contribution in [0, 0.1) is 0 Å². The number of thiocarbonyl (C=S) groups is 1. The van der Waals surface area contributed by atoms with Crippen molar-refractivity contribution in [3.05, 3.63) is 0 Å². The number of halogens is 1. The fourth-order valence-electron chi connectivity index (χ4n) is 0. The molecule has 0 unspecified atom stereocenters. The normalized spacial score (nSPS) is 0.820. The van der Waals surface area contributed by atoms with Gasteiger partial charge in [0.1, 0.15) is 0 Å². The van der Waals surface area contributed by atoms with E-state index in [1.165, 1.54) is 0 Å². The molecule has 0 aromatic rings. The fourth-order valence-corrected chi connectivity index (χ4v) is 0. The van der Waals surface area contributed by atoms with Crippen molar-refractivity contribution >= 4 is 25.5 Å². The maximum Gasteiger partial charge on any atom is 0.254 e. The smallest absolute Gasteiger partial charge is 0.254 e. The van der Waals surface area contributed by atoms with Crippen molar-refractivity contribution < 1.29 is 8.96 Å². The summed E-state index contributed by atoms with van der Waals surface area (Å²) in [7, 11) is -0.688. The second-order valence-electron chi connectivity index (χ2n) is 0.344. The lowest BCUT2D eigenvalue weighted by Crippen LogP contribution is -1.52. The third-order valence-electron chi connectivity index (χ3n) is 0.0718. The van der Waals surface area contributed by atoms with Gasteiger partial charge in [-0.25, -0.2) is 0 Å². The maximum absolute atomic E-state index is 10.8. The molecule has 0 aliphatic rings. The molecule has 50 heavy (non-hydrogen) atoms. The van der Waals surface area contributed by atoms with Crippen molar-refractivity contribution in [1.82, 2.24) is 0 Å². The molecule has 388 valence electrons. The predicted molar refractivity (Wildman–Crippen MR) is 324 cm³/mol. The van der Waals surface area contributed by atoms with E-state index in [4.69, 9.17) is 4.57 Å².